The van der Waals surface area contributed by atoms with Crippen LogP contribution >= 0.6 is 0 Å². The van der Waals surface area contributed by atoms with E-state index >= 15 is 0 Å². The van der Waals surface area contributed by atoms with Crippen LogP contribution < -0.4 is 0 Å². The van der Waals surface area contributed by atoms with Crippen molar-refractivity contribution in [2.45, 2.75) is 102 Å². The molecule has 0 saturated carbocycles. The Hall–Kier alpha value is -2.78. The molecule has 4 nitrogen and oxygen atoms in total. The second-order valence-electron chi connectivity index (χ2n) is 12.4. The van der Waals surface area contributed by atoms with Crippen molar-refractivity contribution in [3.8, 4) is 0 Å². The van der Waals surface area contributed by atoms with E-state index in [1.165, 1.54) is 34.8 Å². The van der Waals surface area contributed by atoms with Crippen LogP contribution in [0.4, 0.5) is 0 Å². The summed E-state index contributed by atoms with van der Waals surface area (Å²) >= 11 is 0. The largest absolute Gasteiger partial charge is 0.433 e. The SMILES string of the molecule is C=C(C)C(=O)OC(C)OC(CC)C1(Cc2ccccc2)CC[Si](CC)(CC)[Si](Cc2ccccc2)(Cc2ccccc2)O1. The smallest absolute Gasteiger partial charge is 0.335 e. The van der Waals surface area contributed by atoms with Crippen molar-refractivity contribution >= 4 is 21.4 Å². The molecule has 6 heteroatoms. The minimum absolute atomic E-state index is 0.236. The molecule has 1 aliphatic rings. The van der Waals surface area contributed by atoms with Gasteiger partial charge in [-0.2, -0.15) is 0 Å². The molecular formula is C37H50O4Si2. The number of carbonyl (C=O) groups is 1. The Kier molecular flexibility index (Phi) is 11.4. The summed E-state index contributed by atoms with van der Waals surface area (Å²) in [6.07, 6.45) is 1.54. The van der Waals surface area contributed by atoms with E-state index in [2.05, 4.69) is 118 Å². The van der Waals surface area contributed by atoms with Crippen LogP contribution in [0.5, 0.6) is 0 Å². The Morgan fingerprint density at radius 2 is 1.35 bits per heavy atom. The molecule has 1 heterocycles. The zero-order valence-corrected chi connectivity index (χ0v) is 28.8. The molecule has 1 fully saturated rings. The summed E-state index contributed by atoms with van der Waals surface area (Å²) in [5, 5.41) is 0. The van der Waals surface area contributed by atoms with Crippen molar-refractivity contribution in [1.82, 2.24) is 0 Å². The molecule has 1 aliphatic heterocycles. The van der Waals surface area contributed by atoms with Crippen LogP contribution in [-0.2, 0) is 37.2 Å². The quantitative estimate of drug-likeness (QED) is 0.0788. The van der Waals surface area contributed by atoms with Crippen molar-refractivity contribution in [3.63, 3.8) is 0 Å². The first-order valence-electron chi connectivity index (χ1n) is 16.0. The highest BCUT2D eigenvalue weighted by Crippen LogP contribution is 2.49. The van der Waals surface area contributed by atoms with Crippen molar-refractivity contribution in [2.75, 3.05) is 0 Å². The first-order valence-corrected chi connectivity index (χ1v) is 22.0. The van der Waals surface area contributed by atoms with E-state index in [1.807, 2.05) is 6.92 Å². The Labute approximate surface area is 261 Å². The zero-order chi connectivity index (χ0) is 30.9. The molecule has 3 atom stereocenters. The third-order valence-corrected chi connectivity index (χ3v) is 28.3. The third kappa shape index (κ3) is 7.66. The Balaban J connectivity index is 1.86. The second-order valence-corrected chi connectivity index (χ2v) is 25.7. The first kappa shape index (κ1) is 33.1. The van der Waals surface area contributed by atoms with Gasteiger partial charge in [-0.15, -0.1) is 0 Å². The molecule has 0 spiro atoms. The van der Waals surface area contributed by atoms with Gasteiger partial charge in [0.25, 0.3) is 0 Å². The van der Waals surface area contributed by atoms with Crippen LogP contribution in [0.2, 0.25) is 18.1 Å². The number of esters is 1. The van der Waals surface area contributed by atoms with Gasteiger partial charge in [0, 0.05) is 12.0 Å². The van der Waals surface area contributed by atoms with E-state index in [0.717, 1.165) is 31.4 Å². The molecule has 3 aromatic rings. The fourth-order valence-corrected chi connectivity index (χ4v) is 25.6. The van der Waals surface area contributed by atoms with Gasteiger partial charge in [0.2, 0.25) is 6.29 Å². The van der Waals surface area contributed by atoms with E-state index < -0.39 is 33.3 Å². The molecule has 3 unspecified atom stereocenters. The van der Waals surface area contributed by atoms with E-state index in [0.29, 0.717) is 5.57 Å². The van der Waals surface area contributed by atoms with Gasteiger partial charge in [-0.25, -0.2) is 4.79 Å². The van der Waals surface area contributed by atoms with Gasteiger partial charge in [0.1, 0.15) is 0 Å². The molecule has 4 rings (SSSR count). The number of benzene rings is 3. The second kappa shape index (κ2) is 14.8. The van der Waals surface area contributed by atoms with Gasteiger partial charge in [-0.3, -0.25) is 0 Å². The average Bonchev–Trinajstić information content (AvgIpc) is 3.01. The van der Waals surface area contributed by atoms with Gasteiger partial charge < -0.3 is 13.9 Å². The van der Waals surface area contributed by atoms with E-state index in [4.69, 9.17) is 13.9 Å². The number of hydrogen-bond acceptors (Lipinski definition) is 4. The molecule has 0 aliphatic carbocycles. The molecule has 0 radical (unpaired) electrons. The van der Waals surface area contributed by atoms with Crippen molar-refractivity contribution in [3.05, 3.63) is 120 Å². The lowest BCUT2D eigenvalue weighted by molar-refractivity contribution is -0.207. The molecule has 0 aromatic heterocycles. The fourth-order valence-electron chi connectivity index (χ4n) is 7.34. The molecular weight excluding hydrogens is 565 g/mol. The third-order valence-electron chi connectivity index (χ3n) is 9.69. The normalized spacial score (nSPS) is 20.6. The maximum atomic E-state index is 12.4. The minimum Gasteiger partial charge on any atom is -0.433 e. The Morgan fingerprint density at radius 3 is 1.79 bits per heavy atom. The Bertz CT molecular complexity index is 1270. The van der Waals surface area contributed by atoms with Crippen molar-refractivity contribution < 1.29 is 18.7 Å². The highest BCUT2D eigenvalue weighted by atomic mass is 29.3. The first-order chi connectivity index (χ1) is 20.7. The molecule has 0 amide bonds. The fraction of sp³-hybridized carbons (Fsp3) is 0.432. The van der Waals surface area contributed by atoms with Crippen LogP contribution in [0.25, 0.3) is 0 Å². The lowest BCUT2D eigenvalue weighted by Crippen LogP contribution is -2.75. The maximum Gasteiger partial charge on any atom is 0.335 e. The standard InChI is InChI=1S/C37H50O4Si2/c1-7-35(39-31(6)40-36(38)30(4)5)37(27-32-19-13-10-14-20-32)25-26-42(8-2,9-3)43(41-37,28-33-21-15-11-16-22-33)29-34-23-17-12-18-24-34/h10-24,31,35H,4,7-9,25-29H2,1-3,5-6H3. The summed E-state index contributed by atoms with van der Waals surface area (Å²) in [6, 6.07) is 38.4. The topological polar surface area (TPSA) is 44.8 Å². The highest BCUT2D eigenvalue weighted by Gasteiger charge is 2.62. The number of rotatable bonds is 14. The summed E-state index contributed by atoms with van der Waals surface area (Å²) in [4.78, 5) is 12.4. The zero-order valence-electron chi connectivity index (χ0n) is 26.8. The summed E-state index contributed by atoms with van der Waals surface area (Å²) in [5.41, 5.74) is 3.83. The summed E-state index contributed by atoms with van der Waals surface area (Å²) < 4.78 is 20.4. The number of hydrogen-bond donors (Lipinski definition) is 0. The molecule has 43 heavy (non-hydrogen) atoms. The minimum atomic E-state index is -2.48. The monoisotopic (exact) mass is 614 g/mol. The number of ether oxygens (including phenoxy) is 2. The molecule has 3 aromatic carbocycles. The van der Waals surface area contributed by atoms with Crippen LogP contribution in [-0.4, -0.2) is 39.4 Å². The average molecular weight is 615 g/mol. The molecule has 1 saturated heterocycles. The van der Waals surface area contributed by atoms with Gasteiger partial charge in [0.05, 0.1) is 19.3 Å². The van der Waals surface area contributed by atoms with Crippen LogP contribution in [0.3, 0.4) is 0 Å². The van der Waals surface area contributed by atoms with Gasteiger partial charge in [0.15, 0.2) is 7.83 Å². The van der Waals surface area contributed by atoms with E-state index in [-0.39, 0.29) is 6.10 Å². The molecule has 0 bridgehead atoms. The lowest BCUT2D eigenvalue weighted by atomic mass is 9.85. The molecule has 230 valence electrons. The van der Waals surface area contributed by atoms with Gasteiger partial charge in [-0.1, -0.05) is 136 Å². The highest BCUT2D eigenvalue weighted by molar-refractivity contribution is 7.39. The predicted octanol–water partition coefficient (Wildman–Crippen LogP) is 8.73. The van der Waals surface area contributed by atoms with Gasteiger partial charge >= 0.3 is 5.97 Å². The Morgan fingerprint density at radius 1 is 0.860 bits per heavy atom. The lowest BCUT2D eigenvalue weighted by Gasteiger charge is -2.59. The van der Waals surface area contributed by atoms with Crippen molar-refractivity contribution in [1.29, 1.82) is 0 Å². The van der Waals surface area contributed by atoms with Crippen LogP contribution in [0.15, 0.2) is 103 Å². The summed E-state index contributed by atoms with van der Waals surface area (Å²) in [5.74, 6) is -0.427. The summed E-state index contributed by atoms with van der Waals surface area (Å²) in [7, 11) is -4.33. The van der Waals surface area contributed by atoms with Gasteiger partial charge in [-0.05, 0) is 55.5 Å². The predicted molar refractivity (Wildman–Crippen MR) is 182 cm³/mol. The summed E-state index contributed by atoms with van der Waals surface area (Å²) in [6.45, 7) is 14.3. The maximum absolute atomic E-state index is 12.4. The van der Waals surface area contributed by atoms with Crippen molar-refractivity contribution in [2.24, 2.45) is 0 Å². The van der Waals surface area contributed by atoms with Crippen LogP contribution in [0, 0.1) is 0 Å². The number of carbonyl (C=O) groups excluding carboxylic acids is 1. The van der Waals surface area contributed by atoms with E-state index in [9.17, 15) is 4.79 Å². The molecule has 0 N–H and O–H groups in total. The van der Waals surface area contributed by atoms with Crippen LogP contribution in [0.1, 0.15) is 64.2 Å². The van der Waals surface area contributed by atoms with E-state index in [1.54, 1.807) is 6.92 Å².